The van der Waals surface area contributed by atoms with Gasteiger partial charge < -0.3 is 5.11 Å². The molecule has 7 heteroatoms. The Morgan fingerprint density at radius 1 is 1.25 bits per heavy atom. The number of thioether (sulfide) groups is 1. The van der Waals surface area contributed by atoms with Crippen LogP contribution in [-0.2, 0) is 16.6 Å². The molecular formula is C13H14N2O3S2. The molecule has 2 N–H and O–H groups in total. The van der Waals surface area contributed by atoms with Gasteiger partial charge in [-0.05, 0) is 30.0 Å². The van der Waals surface area contributed by atoms with Gasteiger partial charge in [-0.3, -0.25) is 4.72 Å². The standard InChI is InChI=1S/C13H14N2O3S2/c1-19-12-5-3-2-4-11(12)15-20(17,18)13-7-6-10(9-16)8-14-13/h2-8,15-16H,9H2,1H3. The molecule has 0 atom stereocenters. The molecule has 5 nitrogen and oxygen atoms in total. The van der Waals surface area contributed by atoms with E-state index in [0.717, 1.165) is 4.90 Å². The first-order valence-electron chi connectivity index (χ1n) is 5.78. The van der Waals surface area contributed by atoms with Crippen molar-refractivity contribution in [3.05, 3.63) is 48.2 Å². The Morgan fingerprint density at radius 3 is 2.60 bits per heavy atom. The van der Waals surface area contributed by atoms with E-state index in [1.54, 1.807) is 12.1 Å². The molecule has 0 unspecified atom stereocenters. The highest BCUT2D eigenvalue weighted by molar-refractivity contribution is 7.99. The zero-order chi connectivity index (χ0) is 14.6. The fraction of sp³-hybridized carbons (Fsp3) is 0.154. The van der Waals surface area contributed by atoms with Gasteiger partial charge in [0.05, 0.1) is 12.3 Å². The smallest absolute Gasteiger partial charge is 0.279 e. The zero-order valence-electron chi connectivity index (χ0n) is 10.8. The molecule has 0 radical (unpaired) electrons. The Kier molecular flexibility index (Phi) is 4.64. The van der Waals surface area contributed by atoms with Crippen molar-refractivity contribution >= 4 is 27.5 Å². The number of anilines is 1. The number of para-hydroxylation sites is 1. The van der Waals surface area contributed by atoms with Crippen LogP contribution in [0.3, 0.4) is 0 Å². The summed E-state index contributed by atoms with van der Waals surface area (Å²) in [5.74, 6) is 0. The maximum atomic E-state index is 12.2. The van der Waals surface area contributed by atoms with Crippen LogP contribution in [-0.4, -0.2) is 24.8 Å². The van der Waals surface area contributed by atoms with Crippen molar-refractivity contribution in [3.8, 4) is 0 Å². The van der Waals surface area contributed by atoms with Crippen molar-refractivity contribution in [3.63, 3.8) is 0 Å². The number of benzene rings is 1. The molecule has 0 aliphatic carbocycles. The number of nitrogens with one attached hydrogen (secondary N) is 1. The van der Waals surface area contributed by atoms with Crippen molar-refractivity contribution in [2.45, 2.75) is 16.5 Å². The molecule has 20 heavy (non-hydrogen) atoms. The van der Waals surface area contributed by atoms with Gasteiger partial charge in [-0.2, -0.15) is 8.42 Å². The lowest BCUT2D eigenvalue weighted by Gasteiger charge is -2.10. The Morgan fingerprint density at radius 2 is 2.00 bits per heavy atom. The average molecular weight is 310 g/mol. The summed E-state index contributed by atoms with van der Waals surface area (Å²) in [4.78, 5) is 4.69. The first-order valence-corrected chi connectivity index (χ1v) is 8.49. The van der Waals surface area contributed by atoms with Crippen LogP contribution in [0.5, 0.6) is 0 Å². The van der Waals surface area contributed by atoms with Gasteiger partial charge in [0, 0.05) is 11.1 Å². The number of hydrogen-bond acceptors (Lipinski definition) is 5. The van der Waals surface area contributed by atoms with Crippen LogP contribution in [0.25, 0.3) is 0 Å². The summed E-state index contributed by atoms with van der Waals surface area (Å²) in [6, 6.07) is 10.0. The number of nitrogens with zero attached hydrogens (tertiary/aromatic N) is 1. The highest BCUT2D eigenvalue weighted by atomic mass is 32.2. The van der Waals surface area contributed by atoms with Gasteiger partial charge in [-0.25, -0.2) is 4.98 Å². The van der Waals surface area contributed by atoms with Crippen LogP contribution in [0, 0.1) is 0 Å². The van der Waals surface area contributed by atoms with E-state index >= 15 is 0 Å². The van der Waals surface area contributed by atoms with Gasteiger partial charge in [0.15, 0.2) is 5.03 Å². The summed E-state index contributed by atoms with van der Waals surface area (Å²) in [5, 5.41) is 8.85. The van der Waals surface area contributed by atoms with Crippen LogP contribution < -0.4 is 4.72 Å². The molecule has 2 rings (SSSR count). The third-order valence-corrected chi connectivity index (χ3v) is 4.68. The summed E-state index contributed by atoms with van der Waals surface area (Å²) in [6.07, 6.45) is 3.22. The molecular weight excluding hydrogens is 296 g/mol. The molecule has 0 bridgehead atoms. The SMILES string of the molecule is CSc1ccccc1NS(=O)(=O)c1ccc(CO)cn1. The third kappa shape index (κ3) is 3.30. The Hall–Kier alpha value is -1.57. The summed E-state index contributed by atoms with van der Waals surface area (Å²) < 4.78 is 27.0. The minimum absolute atomic E-state index is 0.0781. The van der Waals surface area contributed by atoms with E-state index in [2.05, 4.69) is 9.71 Å². The number of rotatable bonds is 5. The predicted molar refractivity (Wildman–Crippen MR) is 79.2 cm³/mol. The number of sulfonamides is 1. The lowest BCUT2D eigenvalue weighted by atomic mass is 10.3. The Bertz CT molecular complexity index is 685. The van der Waals surface area contributed by atoms with Crippen LogP contribution in [0.1, 0.15) is 5.56 Å². The number of aliphatic hydroxyl groups excluding tert-OH is 1. The average Bonchev–Trinajstić information content (AvgIpc) is 2.47. The second kappa shape index (κ2) is 6.25. The zero-order valence-corrected chi connectivity index (χ0v) is 12.4. The van der Waals surface area contributed by atoms with E-state index in [1.807, 2.05) is 18.4 Å². The molecule has 0 aliphatic heterocycles. The number of hydrogen-bond donors (Lipinski definition) is 2. The summed E-state index contributed by atoms with van der Waals surface area (Å²) in [5.41, 5.74) is 1.08. The van der Waals surface area contributed by atoms with Gasteiger partial charge in [0.1, 0.15) is 0 Å². The van der Waals surface area contributed by atoms with Crippen LogP contribution in [0.2, 0.25) is 0 Å². The maximum absolute atomic E-state index is 12.2. The normalized spacial score (nSPS) is 11.3. The summed E-state index contributed by atoms with van der Waals surface area (Å²) >= 11 is 1.46. The topological polar surface area (TPSA) is 79.3 Å². The fourth-order valence-corrected chi connectivity index (χ4v) is 3.22. The number of aromatic nitrogens is 1. The Balaban J connectivity index is 2.30. The minimum atomic E-state index is -3.73. The lowest BCUT2D eigenvalue weighted by molar-refractivity contribution is 0.281. The van der Waals surface area contributed by atoms with Crippen molar-refractivity contribution in [2.24, 2.45) is 0 Å². The highest BCUT2D eigenvalue weighted by Crippen LogP contribution is 2.26. The van der Waals surface area contributed by atoms with Crippen molar-refractivity contribution in [1.82, 2.24) is 4.98 Å². The monoisotopic (exact) mass is 310 g/mol. The van der Waals surface area contributed by atoms with Crippen LogP contribution in [0.15, 0.2) is 52.5 Å². The van der Waals surface area contributed by atoms with Gasteiger partial charge in [-0.15, -0.1) is 11.8 Å². The summed E-state index contributed by atoms with van der Waals surface area (Å²) in [7, 11) is -3.73. The van der Waals surface area contributed by atoms with Crippen LogP contribution in [0.4, 0.5) is 5.69 Å². The molecule has 0 spiro atoms. The van der Waals surface area contributed by atoms with E-state index < -0.39 is 10.0 Å². The lowest BCUT2D eigenvalue weighted by Crippen LogP contribution is -2.15. The second-order valence-electron chi connectivity index (χ2n) is 3.97. The first-order chi connectivity index (χ1) is 9.56. The molecule has 0 saturated heterocycles. The largest absolute Gasteiger partial charge is 0.392 e. The van der Waals surface area contributed by atoms with Gasteiger partial charge >= 0.3 is 0 Å². The van der Waals surface area contributed by atoms with Crippen molar-refractivity contribution in [2.75, 3.05) is 11.0 Å². The molecule has 0 saturated carbocycles. The van der Waals surface area contributed by atoms with E-state index in [0.29, 0.717) is 11.3 Å². The predicted octanol–water partition coefficient (Wildman–Crippen LogP) is 2.10. The third-order valence-electron chi connectivity index (χ3n) is 2.61. The molecule has 106 valence electrons. The molecule has 0 amide bonds. The maximum Gasteiger partial charge on any atom is 0.279 e. The van der Waals surface area contributed by atoms with Crippen molar-refractivity contribution < 1.29 is 13.5 Å². The second-order valence-corrected chi connectivity index (χ2v) is 6.45. The molecule has 1 aromatic carbocycles. The minimum Gasteiger partial charge on any atom is -0.392 e. The van der Waals surface area contributed by atoms with E-state index in [-0.39, 0.29) is 11.6 Å². The van der Waals surface area contributed by atoms with Gasteiger partial charge in [0.25, 0.3) is 10.0 Å². The number of aliphatic hydroxyl groups is 1. The van der Waals surface area contributed by atoms with E-state index in [9.17, 15) is 8.42 Å². The number of pyridine rings is 1. The van der Waals surface area contributed by atoms with E-state index in [4.69, 9.17) is 5.11 Å². The molecule has 1 heterocycles. The summed E-state index contributed by atoms with van der Waals surface area (Å²) in [6.45, 7) is -0.171. The van der Waals surface area contributed by atoms with Gasteiger partial charge in [0.2, 0.25) is 0 Å². The Labute approximate surface area is 122 Å². The highest BCUT2D eigenvalue weighted by Gasteiger charge is 2.17. The first kappa shape index (κ1) is 14.8. The molecule has 0 fully saturated rings. The van der Waals surface area contributed by atoms with Crippen LogP contribution >= 0.6 is 11.8 Å². The van der Waals surface area contributed by atoms with Gasteiger partial charge in [-0.1, -0.05) is 18.2 Å². The molecule has 0 aliphatic rings. The molecule has 2 aromatic rings. The van der Waals surface area contributed by atoms with E-state index in [1.165, 1.54) is 30.1 Å². The quantitative estimate of drug-likeness (QED) is 0.827. The van der Waals surface area contributed by atoms with Crippen molar-refractivity contribution in [1.29, 1.82) is 0 Å². The fourth-order valence-electron chi connectivity index (χ4n) is 1.59. The molecule has 1 aromatic heterocycles.